The molecular weight excluding hydrogens is 659 g/mol. The molecule has 0 bridgehead atoms. The van der Waals surface area contributed by atoms with Crippen LogP contribution < -0.4 is 0 Å². The van der Waals surface area contributed by atoms with Crippen molar-refractivity contribution in [2.75, 3.05) is 0 Å². The maximum Gasteiger partial charge on any atom is 0.209 e. The summed E-state index contributed by atoms with van der Waals surface area (Å²) in [7, 11) is -1.48. The van der Waals surface area contributed by atoms with Gasteiger partial charge in [0.1, 0.15) is 8.07 Å². The first-order valence-corrected chi connectivity index (χ1v) is 18.9. The number of halogens is 1. The summed E-state index contributed by atoms with van der Waals surface area (Å²) in [6.45, 7) is 13.0. The number of rotatable bonds is 7. The summed E-state index contributed by atoms with van der Waals surface area (Å²) < 4.78 is 1.08. The summed E-state index contributed by atoms with van der Waals surface area (Å²) in [5, 5.41) is 0. The Hall–Kier alpha value is -3.93. The van der Waals surface area contributed by atoms with Gasteiger partial charge in [-0.3, -0.25) is 9.59 Å². The molecule has 0 saturated carbocycles. The van der Waals surface area contributed by atoms with E-state index in [1.54, 1.807) is 0 Å². The standard InChI is InChI=1S/C37H35IN2O2Si/c1-23-21-24(2)34(25(3)22-23)35(31-16-18-33(40-31)37(42)28-11-13-29(38)14-12-28)30-15-17-32(39-30)36(41)27-9-7-26(8-10-27)19-20-43(4,5)6/h7-18,21-22,35,39-40H,1-6H3. The summed E-state index contributed by atoms with van der Waals surface area (Å²) in [4.78, 5) is 33.7. The lowest BCUT2D eigenvalue weighted by Gasteiger charge is -2.21. The molecule has 216 valence electrons. The lowest BCUT2D eigenvalue weighted by Crippen LogP contribution is -2.16. The number of aromatic amines is 2. The molecule has 3 aromatic carbocycles. The molecule has 6 heteroatoms. The fourth-order valence-electron chi connectivity index (χ4n) is 5.43. The van der Waals surface area contributed by atoms with Gasteiger partial charge < -0.3 is 9.97 Å². The number of carbonyl (C=O) groups excluding carboxylic acids is 2. The normalized spacial score (nSPS) is 12.0. The van der Waals surface area contributed by atoms with Crippen LogP contribution in [0.5, 0.6) is 0 Å². The number of benzene rings is 3. The minimum absolute atomic E-state index is 0.0564. The molecule has 0 radical (unpaired) electrons. The van der Waals surface area contributed by atoms with E-state index in [1.807, 2.05) is 72.8 Å². The Balaban J connectivity index is 1.51. The van der Waals surface area contributed by atoms with E-state index in [2.05, 4.69) is 96.6 Å². The van der Waals surface area contributed by atoms with Gasteiger partial charge in [0.2, 0.25) is 11.6 Å². The molecule has 0 amide bonds. The molecule has 0 spiro atoms. The molecule has 2 N–H and O–H groups in total. The first-order valence-electron chi connectivity index (χ1n) is 14.3. The number of H-pyrrole nitrogens is 2. The molecule has 0 saturated heterocycles. The molecule has 5 aromatic rings. The van der Waals surface area contributed by atoms with Crippen molar-refractivity contribution < 1.29 is 9.59 Å². The molecule has 1 unspecified atom stereocenters. The van der Waals surface area contributed by atoms with E-state index < -0.39 is 8.07 Å². The van der Waals surface area contributed by atoms with Gasteiger partial charge in [0.05, 0.1) is 17.3 Å². The summed E-state index contributed by atoms with van der Waals surface area (Å²) in [6, 6.07) is 27.1. The largest absolute Gasteiger partial charge is 0.355 e. The summed E-state index contributed by atoms with van der Waals surface area (Å²) >= 11 is 2.24. The van der Waals surface area contributed by atoms with E-state index in [9.17, 15) is 9.59 Å². The number of carbonyl (C=O) groups is 2. The van der Waals surface area contributed by atoms with Crippen LogP contribution in [0.4, 0.5) is 0 Å². The number of hydrogen-bond donors (Lipinski definition) is 2. The van der Waals surface area contributed by atoms with Gasteiger partial charge >= 0.3 is 0 Å². The fourth-order valence-corrected chi connectivity index (χ4v) is 6.31. The smallest absolute Gasteiger partial charge is 0.209 e. The summed E-state index contributed by atoms with van der Waals surface area (Å²) in [5.74, 6) is 2.89. The van der Waals surface area contributed by atoms with Gasteiger partial charge in [0.25, 0.3) is 0 Å². The van der Waals surface area contributed by atoms with Crippen molar-refractivity contribution in [3.63, 3.8) is 0 Å². The van der Waals surface area contributed by atoms with E-state index in [1.165, 1.54) is 5.56 Å². The minimum atomic E-state index is -1.48. The number of hydrogen-bond acceptors (Lipinski definition) is 2. The van der Waals surface area contributed by atoms with Crippen LogP contribution in [-0.2, 0) is 0 Å². The van der Waals surface area contributed by atoms with Crippen molar-refractivity contribution in [2.24, 2.45) is 0 Å². The second-order valence-electron chi connectivity index (χ2n) is 12.1. The average molecular weight is 695 g/mol. The Morgan fingerprint density at radius 1 is 0.698 bits per heavy atom. The topological polar surface area (TPSA) is 65.7 Å². The third kappa shape index (κ3) is 7.01. The molecule has 43 heavy (non-hydrogen) atoms. The Labute approximate surface area is 268 Å². The SMILES string of the molecule is Cc1cc(C)c(C(c2ccc(C(=O)c3ccc(I)cc3)[nH]2)c2ccc(C(=O)c3ccc(C#C[Si](C)(C)C)cc3)[nH]2)c(C)c1. The van der Waals surface area contributed by atoms with E-state index in [4.69, 9.17) is 0 Å². The zero-order chi connectivity index (χ0) is 30.9. The van der Waals surface area contributed by atoms with E-state index in [0.717, 1.165) is 37.2 Å². The number of aromatic nitrogens is 2. The molecule has 0 aliphatic heterocycles. The van der Waals surface area contributed by atoms with Crippen LogP contribution in [0.15, 0.2) is 84.9 Å². The molecule has 2 heterocycles. The van der Waals surface area contributed by atoms with Crippen molar-refractivity contribution in [2.45, 2.75) is 46.3 Å². The number of ketones is 2. The highest BCUT2D eigenvalue weighted by atomic mass is 127. The highest BCUT2D eigenvalue weighted by Gasteiger charge is 2.26. The van der Waals surface area contributed by atoms with Crippen molar-refractivity contribution >= 4 is 42.2 Å². The van der Waals surface area contributed by atoms with Crippen LogP contribution in [0, 0.1) is 35.8 Å². The second-order valence-corrected chi connectivity index (χ2v) is 18.1. The van der Waals surface area contributed by atoms with Crippen LogP contribution in [0.3, 0.4) is 0 Å². The van der Waals surface area contributed by atoms with Crippen molar-refractivity contribution in [3.8, 4) is 11.5 Å². The van der Waals surface area contributed by atoms with Gasteiger partial charge in [0, 0.05) is 31.6 Å². The van der Waals surface area contributed by atoms with Crippen LogP contribution >= 0.6 is 22.6 Å². The van der Waals surface area contributed by atoms with E-state index in [0.29, 0.717) is 22.5 Å². The van der Waals surface area contributed by atoms with Gasteiger partial charge in [0.15, 0.2) is 0 Å². The fraction of sp³-hybridized carbons (Fsp3) is 0.189. The average Bonchev–Trinajstić information content (AvgIpc) is 3.64. The monoisotopic (exact) mass is 694 g/mol. The summed E-state index contributed by atoms with van der Waals surface area (Å²) in [6.07, 6.45) is 0. The van der Waals surface area contributed by atoms with E-state index >= 15 is 0 Å². The Morgan fingerprint density at radius 3 is 1.63 bits per heavy atom. The highest BCUT2D eigenvalue weighted by molar-refractivity contribution is 14.1. The lowest BCUT2D eigenvalue weighted by molar-refractivity contribution is 0.102. The van der Waals surface area contributed by atoms with Gasteiger partial charge in [-0.25, -0.2) is 0 Å². The molecule has 0 aliphatic rings. The molecular formula is C37H35IN2O2Si. The van der Waals surface area contributed by atoms with Gasteiger partial charge in [-0.2, -0.15) is 0 Å². The predicted molar refractivity (Wildman–Crippen MR) is 186 cm³/mol. The number of nitrogens with one attached hydrogen (secondary N) is 2. The molecule has 2 aromatic heterocycles. The molecule has 4 nitrogen and oxygen atoms in total. The van der Waals surface area contributed by atoms with Gasteiger partial charge in [-0.1, -0.05) is 43.3 Å². The molecule has 0 fully saturated rings. The van der Waals surface area contributed by atoms with Crippen molar-refractivity contribution in [3.05, 3.63) is 150 Å². The van der Waals surface area contributed by atoms with Crippen LogP contribution in [0.25, 0.3) is 0 Å². The quantitative estimate of drug-likeness (QED) is 0.0775. The Bertz CT molecular complexity index is 1850. The molecule has 1 atom stereocenters. The predicted octanol–water partition coefficient (Wildman–Crippen LogP) is 8.74. The Kier molecular flexibility index (Phi) is 8.77. The zero-order valence-electron chi connectivity index (χ0n) is 25.4. The molecule has 5 rings (SSSR count). The van der Waals surface area contributed by atoms with Gasteiger partial charge in [-0.15, -0.1) is 5.54 Å². The zero-order valence-corrected chi connectivity index (χ0v) is 28.5. The maximum absolute atomic E-state index is 13.5. The van der Waals surface area contributed by atoms with Crippen LogP contribution in [-0.4, -0.2) is 29.6 Å². The maximum atomic E-state index is 13.5. The highest BCUT2D eigenvalue weighted by Crippen LogP contribution is 2.36. The lowest BCUT2D eigenvalue weighted by atomic mass is 9.85. The van der Waals surface area contributed by atoms with Gasteiger partial charge in [-0.05, 0) is 133 Å². The summed E-state index contributed by atoms with van der Waals surface area (Å²) in [5.41, 5.74) is 13.0. The first kappa shape index (κ1) is 30.5. The Morgan fingerprint density at radius 2 is 1.16 bits per heavy atom. The van der Waals surface area contributed by atoms with Crippen LogP contribution in [0.1, 0.15) is 77.2 Å². The third-order valence-electron chi connectivity index (χ3n) is 7.39. The second kappa shape index (κ2) is 12.4. The minimum Gasteiger partial charge on any atom is -0.355 e. The first-order chi connectivity index (χ1) is 20.4. The number of aryl methyl sites for hydroxylation is 3. The van der Waals surface area contributed by atoms with Crippen LogP contribution in [0.2, 0.25) is 19.6 Å². The third-order valence-corrected chi connectivity index (χ3v) is 8.98. The van der Waals surface area contributed by atoms with E-state index in [-0.39, 0.29) is 17.5 Å². The van der Waals surface area contributed by atoms with Crippen molar-refractivity contribution in [1.29, 1.82) is 0 Å². The van der Waals surface area contributed by atoms with Crippen molar-refractivity contribution in [1.82, 2.24) is 9.97 Å². The molecule has 0 aliphatic carbocycles.